The topological polar surface area (TPSA) is 70.9 Å². The zero-order chi connectivity index (χ0) is 13.8. The van der Waals surface area contributed by atoms with Crippen molar-refractivity contribution in [1.29, 1.82) is 0 Å². The highest BCUT2D eigenvalue weighted by molar-refractivity contribution is 5.55. The Labute approximate surface area is 117 Å². The van der Waals surface area contributed by atoms with Gasteiger partial charge in [-0.05, 0) is 6.42 Å². The van der Waals surface area contributed by atoms with E-state index in [9.17, 15) is 0 Å². The molecule has 0 spiro atoms. The number of hydrogen-bond donors (Lipinski definition) is 2. The van der Waals surface area contributed by atoms with E-state index in [0.717, 1.165) is 12.0 Å². The summed E-state index contributed by atoms with van der Waals surface area (Å²) in [5, 5.41) is 12.4. The van der Waals surface area contributed by atoms with E-state index in [1.54, 1.807) is 0 Å². The maximum atomic E-state index is 9.12. The van der Waals surface area contributed by atoms with Crippen LogP contribution in [0, 0.1) is 5.92 Å². The van der Waals surface area contributed by atoms with Crippen LogP contribution >= 0.6 is 0 Å². The summed E-state index contributed by atoms with van der Waals surface area (Å²) in [7, 11) is 0. The number of nitrogens with zero attached hydrogens (tertiary/aromatic N) is 3. The first-order valence-electron chi connectivity index (χ1n) is 6.65. The summed E-state index contributed by atoms with van der Waals surface area (Å²) in [6, 6.07) is 9.98. The molecule has 1 aromatic carbocycles. The van der Waals surface area contributed by atoms with Crippen LogP contribution in [-0.4, -0.2) is 32.7 Å². The minimum absolute atomic E-state index is 0.165. The summed E-state index contributed by atoms with van der Waals surface area (Å²) in [6.07, 6.45) is 6.45. The van der Waals surface area contributed by atoms with Gasteiger partial charge in [0.25, 0.3) is 0 Å². The lowest BCUT2D eigenvalue weighted by Gasteiger charge is -2.12. The minimum Gasteiger partial charge on any atom is -0.396 e. The van der Waals surface area contributed by atoms with Crippen LogP contribution < -0.4 is 5.32 Å². The third kappa shape index (κ3) is 2.83. The molecule has 1 aliphatic rings. The van der Waals surface area contributed by atoms with Crippen molar-refractivity contribution in [3.63, 3.8) is 0 Å². The van der Waals surface area contributed by atoms with Gasteiger partial charge in [0.2, 0.25) is 5.95 Å². The molecule has 2 N–H and O–H groups in total. The van der Waals surface area contributed by atoms with Gasteiger partial charge in [-0.3, -0.25) is 0 Å². The summed E-state index contributed by atoms with van der Waals surface area (Å²) in [4.78, 5) is 12.8. The Bertz CT molecular complexity index is 600. The van der Waals surface area contributed by atoms with E-state index in [-0.39, 0.29) is 18.6 Å². The molecule has 1 aromatic heterocycles. The summed E-state index contributed by atoms with van der Waals surface area (Å²) >= 11 is 0. The molecule has 2 aromatic rings. The Balaban J connectivity index is 1.74. The van der Waals surface area contributed by atoms with E-state index in [2.05, 4.69) is 20.3 Å². The van der Waals surface area contributed by atoms with Gasteiger partial charge in [0.15, 0.2) is 5.82 Å². The summed E-state index contributed by atoms with van der Waals surface area (Å²) in [6.45, 7) is 0.182. The number of hydrogen-bond acceptors (Lipinski definition) is 5. The third-order valence-electron chi connectivity index (χ3n) is 3.33. The van der Waals surface area contributed by atoms with Crippen molar-refractivity contribution in [2.24, 2.45) is 5.92 Å². The molecule has 0 unspecified atom stereocenters. The van der Waals surface area contributed by atoms with Gasteiger partial charge >= 0.3 is 0 Å². The maximum absolute atomic E-state index is 9.12. The quantitative estimate of drug-likeness (QED) is 0.829. The summed E-state index contributed by atoms with van der Waals surface area (Å²) in [5.41, 5.74) is 0.966. The lowest BCUT2D eigenvalue weighted by atomic mass is 10.1. The molecule has 1 heterocycles. The van der Waals surface area contributed by atoms with Gasteiger partial charge < -0.3 is 10.4 Å². The van der Waals surface area contributed by atoms with Gasteiger partial charge in [-0.2, -0.15) is 4.98 Å². The van der Waals surface area contributed by atoms with E-state index in [0.29, 0.717) is 11.8 Å². The molecule has 2 atom stereocenters. The lowest BCUT2D eigenvalue weighted by Crippen LogP contribution is -2.18. The molecule has 5 heteroatoms. The van der Waals surface area contributed by atoms with E-state index >= 15 is 0 Å². The van der Waals surface area contributed by atoms with Crippen LogP contribution in [0.3, 0.4) is 0 Å². The number of anilines is 1. The normalized spacial score (nSPS) is 21.1. The first-order valence-corrected chi connectivity index (χ1v) is 6.65. The second-order valence-electron chi connectivity index (χ2n) is 4.81. The molecule has 0 amide bonds. The lowest BCUT2D eigenvalue weighted by molar-refractivity contribution is 0.250. The van der Waals surface area contributed by atoms with E-state index < -0.39 is 0 Å². The Morgan fingerprint density at radius 3 is 2.75 bits per heavy atom. The van der Waals surface area contributed by atoms with Crippen molar-refractivity contribution < 1.29 is 5.11 Å². The molecular weight excluding hydrogens is 252 g/mol. The molecule has 0 radical (unpaired) electrons. The van der Waals surface area contributed by atoms with Gasteiger partial charge in [-0.25, -0.2) is 9.97 Å². The van der Waals surface area contributed by atoms with Crippen LogP contribution in [0.5, 0.6) is 0 Å². The number of rotatable bonds is 4. The van der Waals surface area contributed by atoms with Gasteiger partial charge in [0.05, 0.1) is 0 Å². The number of aromatic nitrogens is 3. The molecule has 102 valence electrons. The van der Waals surface area contributed by atoms with Gasteiger partial charge in [0.1, 0.15) is 6.33 Å². The average molecular weight is 268 g/mol. The van der Waals surface area contributed by atoms with Crippen molar-refractivity contribution >= 4 is 5.95 Å². The molecule has 3 rings (SSSR count). The predicted molar refractivity (Wildman–Crippen MR) is 77.0 cm³/mol. The SMILES string of the molecule is OC[C@H]1C=C[C@@H](Nc2ncnc(-c3ccccc3)n2)C1. The molecule has 0 aliphatic heterocycles. The minimum atomic E-state index is 0.165. The van der Waals surface area contributed by atoms with Crippen LogP contribution in [0.2, 0.25) is 0 Å². The average Bonchev–Trinajstić information content (AvgIpc) is 2.96. The van der Waals surface area contributed by atoms with Gasteiger partial charge in [-0.15, -0.1) is 0 Å². The van der Waals surface area contributed by atoms with Crippen LogP contribution in [0.25, 0.3) is 11.4 Å². The van der Waals surface area contributed by atoms with Crippen molar-refractivity contribution in [2.45, 2.75) is 12.5 Å². The van der Waals surface area contributed by atoms with Gasteiger partial charge in [0, 0.05) is 24.1 Å². The second kappa shape index (κ2) is 5.79. The Morgan fingerprint density at radius 2 is 2.00 bits per heavy atom. The highest BCUT2D eigenvalue weighted by Gasteiger charge is 2.18. The monoisotopic (exact) mass is 268 g/mol. The number of benzene rings is 1. The van der Waals surface area contributed by atoms with Crippen molar-refractivity contribution in [2.75, 3.05) is 11.9 Å². The fraction of sp³-hybridized carbons (Fsp3) is 0.267. The van der Waals surface area contributed by atoms with E-state index in [1.165, 1.54) is 6.33 Å². The van der Waals surface area contributed by atoms with E-state index in [4.69, 9.17) is 5.11 Å². The molecule has 0 bridgehead atoms. The van der Waals surface area contributed by atoms with Crippen LogP contribution in [-0.2, 0) is 0 Å². The molecule has 5 nitrogen and oxygen atoms in total. The molecule has 1 aliphatic carbocycles. The highest BCUT2D eigenvalue weighted by Crippen LogP contribution is 2.20. The predicted octanol–water partition coefficient (Wildman–Crippen LogP) is 1.89. The summed E-state index contributed by atoms with van der Waals surface area (Å²) < 4.78 is 0. The molecule has 0 saturated carbocycles. The molecule has 0 saturated heterocycles. The van der Waals surface area contributed by atoms with Crippen LogP contribution in [0.15, 0.2) is 48.8 Å². The largest absolute Gasteiger partial charge is 0.396 e. The van der Waals surface area contributed by atoms with Crippen LogP contribution in [0.1, 0.15) is 6.42 Å². The zero-order valence-corrected chi connectivity index (χ0v) is 11.0. The molecule has 20 heavy (non-hydrogen) atoms. The third-order valence-corrected chi connectivity index (χ3v) is 3.33. The Hall–Kier alpha value is -2.27. The summed E-state index contributed by atoms with van der Waals surface area (Å²) in [5.74, 6) is 1.44. The molecule has 0 fully saturated rings. The van der Waals surface area contributed by atoms with Crippen LogP contribution in [0.4, 0.5) is 5.95 Å². The number of aliphatic hydroxyl groups excluding tert-OH is 1. The standard InChI is InChI=1S/C15H16N4O/c20-9-11-6-7-13(8-11)18-15-17-10-16-14(19-15)12-4-2-1-3-5-12/h1-7,10-11,13,20H,8-9H2,(H,16,17,18,19)/t11-,13+/m0/s1. The first kappa shape index (κ1) is 12.7. The second-order valence-corrected chi connectivity index (χ2v) is 4.81. The first-order chi connectivity index (χ1) is 9.85. The van der Waals surface area contributed by atoms with Crippen molar-refractivity contribution in [1.82, 2.24) is 15.0 Å². The maximum Gasteiger partial charge on any atom is 0.226 e. The van der Waals surface area contributed by atoms with Gasteiger partial charge in [-0.1, -0.05) is 42.5 Å². The highest BCUT2D eigenvalue weighted by atomic mass is 16.3. The fourth-order valence-corrected chi connectivity index (χ4v) is 2.27. The van der Waals surface area contributed by atoms with E-state index in [1.807, 2.05) is 42.5 Å². The smallest absolute Gasteiger partial charge is 0.226 e. The molecular formula is C15H16N4O. The number of aliphatic hydroxyl groups is 1. The van der Waals surface area contributed by atoms with Crippen molar-refractivity contribution in [3.05, 3.63) is 48.8 Å². The fourth-order valence-electron chi connectivity index (χ4n) is 2.27. The zero-order valence-electron chi connectivity index (χ0n) is 11.0. The van der Waals surface area contributed by atoms with Crippen molar-refractivity contribution in [3.8, 4) is 11.4 Å². The number of nitrogens with one attached hydrogen (secondary N) is 1. The Morgan fingerprint density at radius 1 is 1.15 bits per heavy atom. The Kier molecular flexibility index (Phi) is 3.69.